The molecule has 1 heteroatoms. The van der Waals surface area contributed by atoms with Gasteiger partial charge >= 0.3 is 0 Å². The highest BCUT2D eigenvalue weighted by Crippen LogP contribution is 2.13. The van der Waals surface area contributed by atoms with Gasteiger partial charge in [-0.25, -0.2) is 0 Å². The van der Waals surface area contributed by atoms with Crippen molar-refractivity contribution in [3.8, 4) is 0 Å². The first-order valence-electron chi connectivity index (χ1n) is 5.05. The lowest BCUT2D eigenvalue weighted by Crippen LogP contribution is -1.95. The first-order chi connectivity index (χ1) is 6.09. The molecule has 0 aliphatic heterocycles. The summed E-state index contributed by atoms with van der Waals surface area (Å²) in [5.41, 5.74) is 3.62. The van der Waals surface area contributed by atoms with Gasteiger partial charge in [0, 0.05) is 11.4 Å². The Morgan fingerprint density at radius 2 is 1.62 bits per heavy atom. The summed E-state index contributed by atoms with van der Waals surface area (Å²) in [6, 6.07) is 4.25. The van der Waals surface area contributed by atoms with E-state index in [2.05, 4.69) is 37.9 Å². The zero-order valence-electron chi connectivity index (χ0n) is 9.68. The average molecular weight is 179 g/mol. The van der Waals surface area contributed by atoms with Crippen LogP contribution in [-0.4, -0.2) is 4.98 Å². The van der Waals surface area contributed by atoms with E-state index in [1.54, 1.807) is 0 Å². The minimum Gasteiger partial charge on any atom is -0.258 e. The van der Waals surface area contributed by atoms with E-state index >= 15 is 0 Å². The van der Waals surface area contributed by atoms with Crippen molar-refractivity contribution in [2.45, 2.75) is 47.5 Å². The van der Waals surface area contributed by atoms with Crippen LogP contribution in [0.2, 0.25) is 0 Å². The maximum absolute atomic E-state index is 4.43. The molecule has 1 aromatic heterocycles. The molecule has 0 spiro atoms. The maximum Gasteiger partial charge on any atom is 0.0434 e. The first-order valence-corrected chi connectivity index (χ1v) is 5.05. The molecule has 0 N–H and O–H groups in total. The van der Waals surface area contributed by atoms with Crippen LogP contribution in [0, 0.1) is 13.8 Å². The Hall–Kier alpha value is -0.850. The molecule has 0 bridgehead atoms. The van der Waals surface area contributed by atoms with E-state index in [-0.39, 0.29) is 0 Å². The zero-order chi connectivity index (χ0) is 10.4. The molecule has 1 aromatic rings. The second kappa shape index (κ2) is 5.74. The molecular formula is C12H21N. The van der Waals surface area contributed by atoms with Crippen molar-refractivity contribution in [3.63, 3.8) is 0 Å². The van der Waals surface area contributed by atoms with Gasteiger partial charge in [-0.1, -0.05) is 27.7 Å². The Morgan fingerprint density at radius 3 is 2.00 bits per heavy atom. The number of rotatable bonds is 1. The summed E-state index contributed by atoms with van der Waals surface area (Å²) in [5, 5.41) is 0. The van der Waals surface area contributed by atoms with Crippen LogP contribution in [0.4, 0.5) is 0 Å². The zero-order valence-corrected chi connectivity index (χ0v) is 9.68. The summed E-state index contributed by atoms with van der Waals surface area (Å²) in [7, 11) is 0. The van der Waals surface area contributed by atoms with Crippen LogP contribution < -0.4 is 0 Å². The lowest BCUT2D eigenvalue weighted by Gasteiger charge is -2.06. The normalized spacial score (nSPS) is 9.46. The molecule has 0 fully saturated rings. The number of nitrogens with zero attached hydrogens (tertiary/aromatic N) is 1. The molecule has 1 heterocycles. The van der Waals surface area contributed by atoms with Crippen LogP contribution in [-0.2, 0) is 0 Å². The SMILES string of the molecule is CC.Cc1cc(C)nc(C(C)C)c1. The van der Waals surface area contributed by atoms with E-state index in [1.807, 2.05) is 20.8 Å². The van der Waals surface area contributed by atoms with E-state index in [0.29, 0.717) is 5.92 Å². The predicted molar refractivity (Wildman–Crippen MR) is 59.1 cm³/mol. The van der Waals surface area contributed by atoms with Crippen molar-refractivity contribution in [2.75, 3.05) is 0 Å². The summed E-state index contributed by atoms with van der Waals surface area (Å²) >= 11 is 0. The van der Waals surface area contributed by atoms with Gasteiger partial charge in [0.05, 0.1) is 0 Å². The molecule has 0 atom stereocenters. The first kappa shape index (κ1) is 12.2. The number of aryl methyl sites for hydroxylation is 2. The van der Waals surface area contributed by atoms with Crippen molar-refractivity contribution < 1.29 is 0 Å². The molecule has 0 aliphatic rings. The molecule has 13 heavy (non-hydrogen) atoms. The summed E-state index contributed by atoms with van der Waals surface area (Å²) in [4.78, 5) is 4.43. The summed E-state index contributed by atoms with van der Waals surface area (Å²) in [5.74, 6) is 0.536. The average Bonchev–Trinajstić information content (AvgIpc) is 2.06. The van der Waals surface area contributed by atoms with Gasteiger partial charge < -0.3 is 0 Å². The number of hydrogen-bond acceptors (Lipinski definition) is 1. The highest BCUT2D eigenvalue weighted by atomic mass is 14.7. The van der Waals surface area contributed by atoms with Gasteiger partial charge in [-0.05, 0) is 37.5 Å². The van der Waals surface area contributed by atoms with E-state index < -0.39 is 0 Å². The number of aromatic nitrogens is 1. The van der Waals surface area contributed by atoms with Crippen LogP contribution in [0.5, 0.6) is 0 Å². The standard InChI is InChI=1S/C10H15N.C2H6/c1-7(2)10-6-8(3)5-9(4)11-10;1-2/h5-7H,1-4H3;1-2H3. The van der Waals surface area contributed by atoms with Crippen LogP contribution >= 0.6 is 0 Å². The fraction of sp³-hybridized carbons (Fsp3) is 0.583. The molecule has 0 aromatic carbocycles. The van der Waals surface area contributed by atoms with Gasteiger partial charge in [0.1, 0.15) is 0 Å². The minimum atomic E-state index is 0.536. The van der Waals surface area contributed by atoms with Crippen LogP contribution in [0.15, 0.2) is 12.1 Å². The van der Waals surface area contributed by atoms with Crippen LogP contribution in [0.1, 0.15) is 50.6 Å². The van der Waals surface area contributed by atoms with Gasteiger partial charge in [0.15, 0.2) is 0 Å². The molecule has 1 nitrogen and oxygen atoms in total. The van der Waals surface area contributed by atoms with Gasteiger partial charge in [-0.15, -0.1) is 0 Å². The molecule has 0 radical (unpaired) electrons. The lowest BCUT2D eigenvalue weighted by molar-refractivity contribution is 0.813. The van der Waals surface area contributed by atoms with Crippen molar-refractivity contribution in [2.24, 2.45) is 0 Å². The molecule has 1 rings (SSSR count). The fourth-order valence-electron chi connectivity index (χ4n) is 1.17. The largest absolute Gasteiger partial charge is 0.258 e. The third kappa shape index (κ3) is 4.07. The van der Waals surface area contributed by atoms with E-state index in [1.165, 1.54) is 11.3 Å². The molecule has 0 aliphatic carbocycles. The Balaban J connectivity index is 0.000000671. The molecule has 0 saturated heterocycles. The van der Waals surface area contributed by atoms with Crippen molar-refractivity contribution >= 4 is 0 Å². The van der Waals surface area contributed by atoms with Gasteiger partial charge in [0.25, 0.3) is 0 Å². The Bertz CT molecular complexity index is 231. The quantitative estimate of drug-likeness (QED) is 0.638. The monoisotopic (exact) mass is 179 g/mol. The lowest BCUT2D eigenvalue weighted by atomic mass is 10.1. The molecular weight excluding hydrogens is 158 g/mol. The van der Waals surface area contributed by atoms with E-state index in [0.717, 1.165) is 5.69 Å². The van der Waals surface area contributed by atoms with Crippen LogP contribution in [0.3, 0.4) is 0 Å². The molecule has 0 saturated carbocycles. The van der Waals surface area contributed by atoms with Gasteiger partial charge in [-0.2, -0.15) is 0 Å². The molecule has 0 unspecified atom stereocenters. The summed E-state index contributed by atoms with van der Waals surface area (Å²) in [6.45, 7) is 12.5. The van der Waals surface area contributed by atoms with Gasteiger partial charge in [0.2, 0.25) is 0 Å². The highest BCUT2D eigenvalue weighted by molar-refractivity contribution is 5.21. The summed E-state index contributed by atoms with van der Waals surface area (Å²) in [6.07, 6.45) is 0. The molecule has 74 valence electrons. The topological polar surface area (TPSA) is 12.9 Å². The third-order valence-electron chi connectivity index (χ3n) is 1.71. The third-order valence-corrected chi connectivity index (χ3v) is 1.71. The van der Waals surface area contributed by atoms with Crippen molar-refractivity contribution in [3.05, 3.63) is 29.1 Å². The second-order valence-corrected chi connectivity index (χ2v) is 3.37. The fourth-order valence-corrected chi connectivity index (χ4v) is 1.17. The van der Waals surface area contributed by atoms with E-state index in [9.17, 15) is 0 Å². The number of pyridine rings is 1. The smallest absolute Gasteiger partial charge is 0.0434 e. The van der Waals surface area contributed by atoms with Crippen LogP contribution in [0.25, 0.3) is 0 Å². The predicted octanol–water partition coefficient (Wildman–Crippen LogP) is 3.85. The van der Waals surface area contributed by atoms with Crippen molar-refractivity contribution in [1.82, 2.24) is 4.98 Å². The molecule has 0 amide bonds. The second-order valence-electron chi connectivity index (χ2n) is 3.37. The Morgan fingerprint density at radius 1 is 1.08 bits per heavy atom. The minimum absolute atomic E-state index is 0.536. The van der Waals surface area contributed by atoms with E-state index in [4.69, 9.17) is 0 Å². The number of hydrogen-bond donors (Lipinski definition) is 0. The highest BCUT2D eigenvalue weighted by Gasteiger charge is 2.00. The Labute approximate surface area is 82.2 Å². The van der Waals surface area contributed by atoms with Crippen molar-refractivity contribution in [1.29, 1.82) is 0 Å². The summed E-state index contributed by atoms with van der Waals surface area (Å²) < 4.78 is 0. The van der Waals surface area contributed by atoms with Gasteiger partial charge in [-0.3, -0.25) is 4.98 Å². The Kier molecular flexibility index (Phi) is 5.36. The maximum atomic E-state index is 4.43.